The van der Waals surface area contributed by atoms with Crippen molar-refractivity contribution < 1.29 is 24.4 Å². The number of ketones is 1. The Hall–Kier alpha value is -3.72. The average molecular weight is 468 g/mol. The Morgan fingerprint density at radius 2 is 1.68 bits per heavy atom. The molecule has 2 aromatic carbocycles. The van der Waals surface area contributed by atoms with E-state index in [1.807, 2.05) is 20.8 Å². The lowest BCUT2D eigenvalue weighted by molar-refractivity contribution is -0.384. The minimum absolute atomic E-state index is 0.0393. The van der Waals surface area contributed by atoms with Crippen LogP contribution in [0.4, 0.5) is 5.69 Å². The van der Waals surface area contributed by atoms with E-state index >= 15 is 0 Å². The van der Waals surface area contributed by atoms with Crippen molar-refractivity contribution in [2.75, 3.05) is 32.8 Å². The third-order valence-corrected chi connectivity index (χ3v) is 5.95. The standard InChI is InChI=1S/C25H29N3O6/c1-4-26(5-2)15-16-27-22(17-7-11-19(12-8-17)28(32)33)21(24(30)25(27)31)23(29)18-9-13-20(14-10-18)34-6-3/h7-14,22,29H,4-6,15-16H2,1-3H3/t22-/m1/s1. The largest absolute Gasteiger partial charge is 0.507 e. The second-order valence-corrected chi connectivity index (χ2v) is 7.83. The first-order chi connectivity index (χ1) is 16.3. The van der Waals surface area contributed by atoms with Gasteiger partial charge in [0, 0.05) is 30.8 Å². The minimum atomic E-state index is -0.858. The molecule has 1 aliphatic heterocycles. The summed E-state index contributed by atoms with van der Waals surface area (Å²) < 4.78 is 5.43. The Labute approximate surface area is 198 Å². The molecule has 9 heteroatoms. The molecule has 0 aliphatic carbocycles. The third kappa shape index (κ3) is 5.09. The van der Waals surface area contributed by atoms with Gasteiger partial charge in [-0.05, 0) is 62.0 Å². The number of non-ortho nitro benzene ring substituents is 1. The number of ether oxygens (including phenoxy) is 1. The second-order valence-electron chi connectivity index (χ2n) is 7.83. The Morgan fingerprint density at radius 1 is 1.06 bits per heavy atom. The summed E-state index contributed by atoms with van der Waals surface area (Å²) in [5, 5.41) is 22.2. The van der Waals surface area contributed by atoms with E-state index in [1.54, 1.807) is 24.3 Å². The number of hydrogen-bond acceptors (Lipinski definition) is 7. The number of carbonyl (C=O) groups excluding carboxylic acids is 2. The van der Waals surface area contributed by atoms with Gasteiger partial charge in [-0.2, -0.15) is 0 Å². The first kappa shape index (κ1) is 24.9. The predicted molar refractivity (Wildman–Crippen MR) is 128 cm³/mol. The number of amides is 1. The summed E-state index contributed by atoms with van der Waals surface area (Å²) in [6.45, 7) is 8.76. The number of nitro benzene ring substituents is 1. The molecule has 180 valence electrons. The molecule has 0 bridgehead atoms. The molecule has 1 amide bonds. The zero-order chi connectivity index (χ0) is 24.8. The molecule has 0 aromatic heterocycles. The molecule has 1 fully saturated rings. The number of benzene rings is 2. The molecule has 9 nitrogen and oxygen atoms in total. The number of rotatable bonds is 10. The van der Waals surface area contributed by atoms with Crippen molar-refractivity contribution in [1.29, 1.82) is 0 Å². The smallest absolute Gasteiger partial charge is 0.295 e. The van der Waals surface area contributed by atoms with Crippen molar-refractivity contribution in [2.24, 2.45) is 0 Å². The molecule has 3 rings (SSSR count). The predicted octanol–water partition coefficient (Wildman–Crippen LogP) is 3.76. The van der Waals surface area contributed by atoms with Gasteiger partial charge in [0.2, 0.25) is 0 Å². The number of aliphatic hydroxyl groups is 1. The highest BCUT2D eigenvalue weighted by Crippen LogP contribution is 2.39. The summed E-state index contributed by atoms with van der Waals surface area (Å²) in [7, 11) is 0. The fourth-order valence-corrected chi connectivity index (χ4v) is 4.06. The summed E-state index contributed by atoms with van der Waals surface area (Å²) in [6, 6.07) is 11.4. The lowest BCUT2D eigenvalue weighted by atomic mass is 9.95. The normalized spacial score (nSPS) is 17.4. The van der Waals surface area contributed by atoms with Crippen LogP contribution in [0, 0.1) is 10.1 Å². The maximum absolute atomic E-state index is 13.1. The molecule has 1 aliphatic rings. The van der Waals surface area contributed by atoms with Crippen molar-refractivity contribution in [3.05, 3.63) is 75.3 Å². The fourth-order valence-electron chi connectivity index (χ4n) is 4.06. The number of likely N-dealkylation sites (N-methyl/N-ethyl adjacent to an activating group) is 1. The van der Waals surface area contributed by atoms with Crippen molar-refractivity contribution >= 4 is 23.1 Å². The van der Waals surface area contributed by atoms with Gasteiger partial charge in [0.1, 0.15) is 11.5 Å². The van der Waals surface area contributed by atoms with Crippen molar-refractivity contribution in [3.8, 4) is 5.75 Å². The lowest BCUT2D eigenvalue weighted by Gasteiger charge is -2.28. The molecule has 1 N–H and O–H groups in total. The lowest BCUT2D eigenvalue weighted by Crippen LogP contribution is -2.38. The van der Waals surface area contributed by atoms with Crippen LogP contribution in [0.2, 0.25) is 0 Å². The molecule has 1 atom stereocenters. The summed E-state index contributed by atoms with van der Waals surface area (Å²) in [4.78, 5) is 40.3. The molecule has 1 saturated heterocycles. The minimum Gasteiger partial charge on any atom is -0.507 e. The Morgan fingerprint density at radius 3 is 2.21 bits per heavy atom. The van der Waals surface area contributed by atoms with Crippen molar-refractivity contribution in [1.82, 2.24) is 9.80 Å². The topological polar surface area (TPSA) is 113 Å². The Kier molecular flexibility index (Phi) is 8.01. The molecular formula is C25H29N3O6. The number of carbonyl (C=O) groups is 2. The highest BCUT2D eigenvalue weighted by atomic mass is 16.6. The van der Waals surface area contributed by atoms with E-state index in [9.17, 15) is 24.8 Å². The number of nitro groups is 1. The number of nitrogens with zero attached hydrogens (tertiary/aromatic N) is 3. The molecular weight excluding hydrogens is 438 g/mol. The van der Waals surface area contributed by atoms with Crippen LogP contribution in [0.3, 0.4) is 0 Å². The van der Waals surface area contributed by atoms with Crippen LogP contribution in [-0.2, 0) is 9.59 Å². The Balaban J connectivity index is 2.07. The maximum atomic E-state index is 13.1. The van der Waals surface area contributed by atoms with E-state index < -0.39 is 22.7 Å². The van der Waals surface area contributed by atoms with Crippen molar-refractivity contribution in [3.63, 3.8) is 0 Å². The zero-order valence-electron chi connectivity index (χ0n) is 19.6. The summed E-state index contributed by atoms with van der Waals surface area (Å²) in [5.74, 6) is -1.17. The van der Waals surface area contributed by atoms with E-state index in [2.05, 4.69) is 4.90 Å². The highest BCUT2D eigenvalue weighted by molar-refractivity contribution is 6.46. The quantitative estimate of drug-likeness (QED) is 0.186. The van der Waals surface area contributed by atoms with E-state index in [4.69, 9.17) is 4.74 Å². The van der Waals surface area contributed by atoms with Crippen LogP contribution in [0.5, 0.6) is 5.75 Å². The van der Waals surface area contributed by atoms with Crippen LogP contribution >= 0.6 is 0 Å². The first-order valence-electron chi connectivity index (χ1n) is 11.3. The van der Waals surface area contributed by atoms with Gasteiger partial charge in [-0.15, -0.1) is 0 Å². The van der Waals surface area contributed by atoms with Gasteiger partial charge in [0.15, 0.2) is 0 Å². The number of likely N-dealkylation sites (tertiary alicyclic amines) is 1. The first-order valence-corrected chi connectivity index (χ1v) is 11.3. The van der Waals surface area contributed by atoms with Gasteiger partial charge in [-0.1, -0.05) is 13.8 Å². The number of Topliss-reactive ketones (excluding diaryl/α,β-unsaturated/α-hetero) is 1. The fraction of sp³-hybridized carbons (Fsp3) is 0.360. The van der Waals surface area contributed by atoms with Gasteiger partial charge >= 0.3 is 0 Å². The van der Waals surface area contributed by atoms with Crippen LogP contribution < -0.4 is 4.74 Å². The molecule has 0 saturated carbocycles. The molecule has 2 aromatic rings. The highest BCUT2D eigenvalue weighted by Gasteiger charge is 2.46. The number of hydrogen-bond donors (Lipinski definition) is 1. The molecule has 0 radical (unpaired) electrons. The molecule has 34 heavy (non-hydrogen) atoms. The van der Waals surface area contributed by atoms with Gasteiger partial charge in [-0.25, -0.2) is 0 Å². The van der Waals surface area contributed by atoms with E-state index in [0.29, 0.717) is 30.0 Å². The van der Waals surface area contributed by atoms with Gasteiger partial charge in [-0.3, -0.25) is 19.7 Å². The molecule has 1 heterocycles. The van der Waals surface area contributed by atoms with Crippen LogP contribution in [-0.4, -0.2) is 64.3 Å². The van der Waals surface area contributed by atoms with E-state index in [-0.39, 0.29) is 23.6 Å². The number of aliphatic hydroxyl groups excluding tert-OH is 1. The van der Waals surface area contributed by atoms with E-state index in [0.717, 1.165) is 13.1 Å². The van der Waals surface area contributed by atoms with Gasteiger partial charge in [0.25, 0.3) is 17.4 Å². The molecule has 0 spiro atoms. The van der Waals surface area contributed by atoms with E-state index in [1.165, 1.54) is 29.2 Å². The van der Waals surface area contributed by atoms with Crippen molar-refractivity contribution in [2.45, 2.75) is 26.8 Å². The zero-order valence-corrected chi connectivity index (χ0v) is 19.6. The molecule has 0 unspecified atom stereocenters. The average Bonchev–Trinajstić information content (AvgIpc) is 3.10. The summed E-state index contributed by atoms with van der Waals surface area (Å²) in [5.41, 5.74) is 0.742. The monoisotopic (exact) mass is 467 g/mol. The van der Waals surface area contributed by atoms with Gasteiger partial charge < -0.3 is 19.6 Å². The van der Waals surface area contributed by atoms with Crippen LogP contribution in [0.1, 0.15) is 37.9 Å². The van der Waals surface area contributed by atoms with Gasteiger partial charge in [0.05, 0.1) is 23.1 Å². The van der Waals surface area contributed by atoms with Crippen LogP contribution in [0.15, 0.2) is 54.1 Å². The Bertz CT molecular complexity index is 1070. The maximum Gasteiger partial charge on any atom is 0.295 e. The third-order valence-electron chi connectivity index (χ3n) is 5.95. The SMILES string of the molecule is CCOc1ccc(C(O)=C2C(=O)C(=O)N(CCN(CC)CC)[C@@H]2c2ccc([N+](=O)[O-])cc2)cc1. The second kappa shape index (κ2) is 10.9. The summed E-state index contributed by atoms with van der Waals surface area (Å²) in [6.07, 6.45) is 0. The van der Waals surface area contributed by atoms with Crippen LogP contribution in [0.25, 0.3) is 5.76 Å². The summed E-state index contributed by atoms with van der Waals surface area (Å²) >= 11 is 0.